The van der Waals surface area contributed by atoms with Gasteiger partial charge in [-0.1, -0.05) is 23.7 Å². The van der Waals surface area contributed by atoms with Crippen LogP contribution in [0.2, 0.25) is 5.02 Å². The Hall–Kier alpha value is -1.75. The molecule has 0 aliphatic rings. The van der Waals surface area contributed by atoms with Crippen molar-refractivity contribution in [3.63, 3.8) is 0 Å². The van der Waals surface area contributed by atoms with Crippen LogP contribution in [-0.4, -0.2) is 9.31 Å². The van der Waals surface area contributed by atoms with Crippen LogP contribution in [0, 0.1) is 0 Å². The lowest BCUT2D eigenvalue weighted by molar-refractivity contribution is 0.312. The monoisotopic (exact) mass is 226 g/mol. The third-order valence-corrected chi connectivity index (χ3v) is 2.29. The molecule has 78 valence electrons. The van der Waals surface area contributed by atoms with Crippen molar-refractivity contribution in [3.05, 3.63) is 50.3 Å². The standard InChI is InChI=1S/C9H7ClN2O3/c1-11-8(13)12(15-9(11)14)7-5-3-2-4-6(7)10/h2-5H,1H3. The summed E-state index contributed by atoms with van der Waals surface area (Å²) < 4.78 is 6.47. The molecule has 0 saturated heterocycles. The Balaban J connectivity index is 2.76. The van der Waals surface area contributed by atoms with Crippen LogP contribution in [0.4, 0.5) is 0 Å². The van der Waals surface area contributed by atoms with E-state index in [1.54, 1.807) is 24.3 Å². The Morgan fingerprint density at radius 1 is 1.27 bits per heavy atom. The van der Waals surface area contributed by atoms with Crippen molar-refractivity contribution in [2.45, 2.75) is 0 Å². The average Bonchev–Trinajstić information content (AvgIpc) is 2.47. The second-order valence-corrected chi connectivity index (χ2v) is 3.35. The molecule has 0 amide bonds. The van der Waals surface area contributed by atoms with Crippen molar-refractivity contribution in [1.82, 2.24) is 9.31 Å². The lowest BCUT2D eigenvalue weighted by Gasteiger charge is -1.99. The van der Waals surface area contributed by atoms with Crippen LogP contribution in [0.3, 0.4) is 0 Å². The lowest BCUT2D eigenvalue weighted by Crippen LogP contribution is -2.25. The summed E-state index contributed by atoms with van der Waals surface area (Å²) in [5.41, 5.74) is -0.213. The molecule has 0 atom stereocenters. The fraction of sp³-hybridized carbons (Fsp3) is 0.111. The third kappa shape index (κ3) is 1.50. The highest BCUT2D eigenvalue weighted by atomic mass is 35.5. The molecule has 0 aliphatic heterocycles. The molecule has 1 heterocycles. The van der Waals surface area contributed by atoms with Gasteiger partial charge in [-0.2, -0.15) is 0 Å². The van der Waals surface area contributed by atoms with Crippen molar-refractivity contribution in [3.8, 4) is 5.69 Å². The minimum absolute atomic E-state index is 0.342. The fourth-order valence-corrected chi connectivity index (χ4v) is 1.37. The summed E-state index contributed by atoms with van der Waals surface area (Å²) in [4.78, 5) is 22.6. The number of hydrogen-bond acceptors (Lipinski definition) is 3. The molecule has 5 nitrogen and oxygen atoms in total. The van der Waals surface area contributed by atoms with E-state index < -0.39 is 11.4 Å². The van der Waals surface area contributed by atoms with Crippen molar-refractivity contribution < 1.29 is 4.52 Å². The van der Waals surface area contributed by atoms with Gasteiger partial charge in [0.1, 0.15) is 5.69 Å². The van der Waals surface area contributed by atoms with Gasteiger partial charge in [0.15, 0.2) is 0 Å². The number of nitrogens with zero attached hydrogens (tertiary/aromatic N) is 2. The Morgan fingerprint density at radius 3 is 2.47 bits per heavy atom. The maximum Gasteiger partial charge on any atom is 0.442 e. The number of hydrogen-bond donors (Lipinski definition) is 0. The third-order valence-electron chi connectivity index (χ3n) is 1.98. The van der Waals surface area contributed by atoms with Gasteiger partial charge in [-0.25, -0.2) is 14.2 Å². The summed E-state index contributed by atoms with van der Waals surface area (Å²) in [7, 11) is 1.33. The van der Waals surface area contributed by atoms with E-state index in [1.165, 1.54) is 7.05 Å². The van der Waals surface area contributed by atoms with E-state index in [0.29, 0.717) is 10.7 Å². The fourth-order valence-electron chi connectivity index (χ4n) is 1.16. The first-order valence-corrected chi connectivity index (χ1v) is 4.53. The zero-order valence-corrected chi connectivity index (χ0v) is 8.56. The molecule has 0 unspecified atom stereocenters. The van der Waals surface area contributed by atoms with Crippen LogP contribution >= 0.6 is 11.6 Å². The highest BCUT2D eigenvalue weighted by Gasteiger charge is 2.11. The van der Waals surface area contributed by atoms with Gasteiger partial charge < -0.3 is 4.52 Å². The molecule has 2 rings (SSSR count). The Bertz CT molecular complexity index is 608. The number of rotatable bonds is 1. The van der Waals surface area contributed by atoms with Crippen LogP contribution < -0.4 is 11.4 Å². The SMILES string of the molecule is Cn1c(=O)on(-c2ccccc2Cl)c1=O. The maximum atomic E-state index is 11.5. The number of benzene rings is 1. The summed E-state index contributed by atoms with van der Waals surface area (Å²) in [6, 6.07) is 6.61. The van der Waals surface area contributed by atoms with Gasteiger partial charge in [-0.15, -0.1) is 4.74 Å². The number of para-hydroxylation sites is 1. The molecule has 0 N–H and O–H groups in total. The van der Waals surface area contributed by atoms with Gasteiger partial charge in [-0.3, -0.25) is 0 Å². The first-order valence-electron chi connectivity index (χ1n) is 4.15. The Labute approximate surface area is 89.1 Å². The Morgan fingerprint density at radius 2 is 1.93 bits per heavy atom. The minimum atomic E-state index is -0.722. The molecular weight excluding hydrogens is 220 g/mol. The van der Waals surface area contributed by atoms with Gasteiger partial charge >= 0.3 is 11.4 Å². The summed E-state index contributed by atoms with van der Waals surface area (Å²) >= 11 is 5.86. The van der Waals surface area contributed by atoms with Gasteiger partial charge in [0.25, 0.3) is 0 Å². The summed E-state index contributed by atoms with van der Waals surface area (Å²) in [6.45, 7) is 0. The minimum Gasteiger partial charge on any atom is -0.312 e. The van der Waals surface area contributed by atoms with Crippen molar-refractivity contribution in [1.29, 1.82) is 0 Å². The van der Waals surface area contributed by atoms with E-state index in [0.717, 1.165) is 9.31 Å². The maximum absolute atomic E-state index is 11.5. The summed E-state index contributed by atoms with van der Waals surface area (Å²) in [5.74, 6) is -0.722. The van der Waals surface area contributed by atoms with Gasteiger partial charge in [0, 0.05) is 7.05 Å². The number of halogens is 1. The summed E-state index contributed by atoms with van der Waals surface area (Å²) in [6.07, 6.45) is 0. The van der Waals surface area contributed by atoms with Crippen molar-refractivity contribution >= 4 is 11.6 Å². The van der Waals surface area contributed by atoms with Gasteiger partial charge in [-0.05, 0) is 12.1 Å². The highest BCUT2D eigenvalue weighted by molar-refractivity contribution is 6.32. The van der Waals surface area contributed by atoms with E-state index in [9.17, 15) is 9.59 Å². The highest BCUT2D eigenvalue weighted by Crippen LogP contribution is 2.17. The van der Waals surface area contributed by atoms with Crippen LogP contribution in [0.5, 0.6) is 0 Å². The van der Waals surface area contributed by atoms with E-state index in [2.05, 4.69) is 0 Å². The largest absolute Gasteiger partial charge is 0.442 e. The van der Waals surface area contributed by atoms with Crippen molar-refractivity contribution in [2.24, 2.45) is 7.05 Å². The molecule has 0 aliphatic carbocycles. The van der Waals surface area contributed by atoms with E-state index >= 15 is 0 Å². The van der Waals surface area contributed by atoms with E-state index in [1.807, 2.05) is 0 Å². The van der Waals surface area contributed by atoms with Crippen LogP contribution in [0.15, 0.2) is 38.4 Å². The zero-order chi connectivity index (χ0) is 11.0. The first kappa shape index (κ1) is 9.79. The predicted molar refractivity (Wildman–Crippen MR) is 54.6 cm³/mol. The molecular formula is C9H7ClN2O3. The molecule has 0 radical (unpaired) electrons. The molecule has 2 aromatic rings. The first-order chi connectivity index (χ1) is 7.11. The zero-order valence-electron chi connectivity index (χ0n) is 7.81. The van der Waals surface area contributed by atoms with Crippen molar-refractivity contribution in [2.75, 3.05) is 0 Å². The van der Waals surface area contributed by atoms with Crippen LogP contribution in [0.25, 0.3) is 5.69 Å². The molecule has 15 heavy (non-hydrogen) atoms. The second kappa shape index (κ2) is 3.43. The van der Waals surface area contributed by atoms with Gasteiger partial charge in [0.05, 0.1) is 5.02 Å². The molecule has 0 bridgehead atoms. The number of aromatic nitrogens is 2. The second-order valence-electron chi connectivity index (χ2n) is 2.94. The quantitative estimate of drug-likeness (QED) is 0.722. The smallest absolute Gasteiger partial charge is 0.312 e. The van der Waals surface area contributed by atoms with Gasteiger partial charge in [0.2, 0.25) is 0 Å². The normalized spacial score (nSPS) is 10.5. The molecule has 0 saturated carbocycles. The lowest BCUT2D eigenvalue weighted by atomic mass is 10.3. The summed E-state index contributed by atoms with van der Waals surface area (Å²) in [5, 5.41) is 0.342. The molecule has 1 aromatic carbocycles. The van der Waals surface area contributed by atoms with E-state index in [4.69, 9.17) is 16.1 Å². The van der Waals surface area contributed by atoms with E-state index in [-0.39, 0.29) is 0 Å². The van der Waals surface area contributed by atoms with Crippen LogP contribution in [-0.2, 0) is 7.05 Å². The molecule has 6 heteroatoms. The molecule has 1 aromatic heterocycles. The molecule has 0 spiro atoms. The predicted octanol–water partition coefficient (Wildman–Crippen LogP) is 0.783. The topological polar surface area (TPSA) is 57.1 Å². The molecule has 0 fully saturated rings. The van der Waals surface area contributed by atoms with Crippen LogP contribution in [0.1, 0.15) is 0 Å². The average molecular weight is 227 g/mol. The Kier molecular flexibility index (Phi) is 2.24.